The summed E-state index contributed by atoms with van der Waals surface area (Å²) in [4.78, 5) is 20.0. The molecule has 0 atom stereocenters. The Balaban J connectivity index is 1.56. The van der Waals surface area contributed by atoms with Crippen molar-refractivity contribution in [2.24, 2.45) is 0 Å². The third kappa shape index (κ3) is 4.52. The van der Waals surface area contributed by atoms with Crippen LogP contribution in [0.3, 0.4) is 0 Å². The average Bonchev–Trinajstić information content (AvgIpc) is 2.67. The first kappa shape index (κ1) is 18.6. The molecule has 6 heteroatoms. The molecule has 4 nitrogen and oxygen atoms in total. The summed E-state index contributed by atoms with van der Waals surface area (Å²) in [6.07, 6.45) is 3.17. The van der Waals surface area contributed by atoms with E-state index >= 15 is 0 Å². The maximum atomic E-state index is 14.0. The molecule has 0 bridgehead atoms. The first-order valence-electron chi connectivity index (χ1n) is 8.85. The second-order valence-electron chi connectivity index (χ2n) is 6.56. The molecule has 0 spiro atoms. The number of carbonyl (C=O) groups excluding carboxylic acids is 1. The zero-order valence-electron chi connectivity index (χ0n) is 14.9. The van der Waals surface area contributed by atoms with Crippen molar-refractivity contribution in [2.45, 2.75) is 25.6 Å². The molecule has 0 saturated carbocycles. The van der Waals surface area contributed by atoms with E-state index in [0.29, 0.717) is 24.3 Å². The number of piperazine rings is 1. The number of anilines is 1. The van der Waals surface area contributed by atoms with Crippen LogP contribution in [-0.2, 0) is 23.5 Å². The van der Waals surface area contributed by atoms with Crippen LogP contribution in [0, 0.1) is 5.82 Å². The van der Waals surface area contributed by atoms with Crippen LogP contribution in [0.4, 0.5) is 10.1 Å². The molecule has 2 heterocycles. The molecule has 1 aliphatic rings. The van der Waals surface area contributed by atoms with Gasteiger partial charge in [-0.15, -0.1) is 11.6 Å². The molecule has 138 valence electrons. The first-order valence-corrected chi connectivity index (χ1v) is 9.39. The van der Waals surface area contributed by atoms with Crippen molar-refractivity contribution in [3.8, 4) is 0 Å². The topological polar surface area (TPSA) is 36.4 Å². The van der Waals surface area contributed by atoms with Gasteiger partial charge in [0.1, 0.15) is 5.82 Å². The maximum absolute atomic E-state index is 14.0. The van der Waals surface area contributed by atoms with E-state index in [1.165, 1.54) is 6.07 Å². The summed E-state index contributed by atoms with van der Waals surface area (Å²) in [7, 11) is 0. The molecule has 0 aliphatic carbocycles. The highest BCUT2D eigenvalue weighted by molar-refractivity contribution is 6.17. The fraction of sp³-hybridized carbons (Fsp3) is 0.400. The van der Waals surface area contributed by atoms with Crippen molar-refractivity contribution in [1.82, 2.24) is 9.88 Å². The number of nitrogens with zero attached hydrogens (tertiary/aromatic N) is 3. The van der Waals surface area contributed by atoms with E-state index in [1.807, 2.05) is 23.2 Å². The fourth-order valence-electron chi connectivity index (χ4n) is 3.17. The minimum absolute atomic E-state index is 0.129. The van der Waals surface area contributed by atoms with E-state index in [-0.39, 0.29) is 11.7 Å². The molecular formula is C20H23ClFN3O. The minimum atomic E-state index is -0.205. The van der Waals surface area contributed by atoms with Crippen LogP contribution in [0.2, 0.25) is 0 Å². The smallest absolute Gasteiger partial charge is 0.219 e. The van der Waals surface area contributed by atoms with E-state index in [2.05, 4.69) is 16.0 Å². The Hall–Kier alpha value is -2.14. The second-order valence-corrected chi connectivity index (χ2v) is 6.83. The molecule has 1 amide bonds. The lowest BCUT2D eigenvalue weighted by Gasteiger charge is -2.35. The number of pyridine rings is 1. The third-order valence-corrected chi connectivity index (χ3v) is 5.13. The average molecular weight is 376 g/mol. The molecule has 3 rings (SSSR count). The van der Waals surface area contributed by atoms with Crippen molar-refractivity contribution >= 4 is 23.2 Å². The van der Waals surface area contributed by atoms with Gasteiger partial charge in [-0.1, -0.05) is 12.1 Å². The summed E-state index contributed by atoms with van der Waals surface area (Å²) in [5.41, 5.74) is 3.48. The monoisotopic (exact) mass is 375 g/mol. The van der Waals surface area contributed by atoms with Gasteiger partial charge in [-0.2, -0.15) is 0 Å². The predicted octanol–water partition coefficient (Wildman–Crippen LogP) is 3.41. The van der Waals surface area contributed by atoms with Gasteiger partial charge in [0.15, 0.2) is 0 Å². The van der Waals surface area contributed by atoms with Crippen LogP contribution in [-0.4, -0.2) is 42.0 Å². The van der Waals surface area contributed by atoms with Crippen LogP contribution >= 0.6 is 11.6 Å². The van der Waals surface area contributed by atoms with Crippen molar-refractivity contribution in [2.75, 3.05) is 31.1 Å². The Bertz CT molecular complexity index is 758. The van der Waals surface area contributed by atoms with Crippen molar-refractivity contribution in [3.05, 3.63) is 59.2 Å². The van der Waals surface area contributed by atoms with Gasteiger partial charge >= 0.3 is 0 Å². The standard InChI is InChI=1S/C20H23ClFN3O/c1-15(26)24-8-10-25(11-9-24)19-7-6-18(23-14-19)5-4-17-3-2-16(13-21)12-20(17)22/h2-3,6-7,12,14H,4-5,8-11,13H2,1H3. The summed E-state index contributed by atoms with van der Waals surface area (Å²) in [6.45, 7) is 4.73. The highest BCUT2D eigenvalue weighted by Crippen LogP contribution is 2.18. The lowest BCUT2D eigenvalue weighted by Crippen LogP contribution is -2.48. The maximum Gasteiger partial charge on any atom is 0.219 e. The Morgan fingerprint density at radius 1 is 1.15 bits per heavy atom. The minimum Gasteiger partial charge on any atom is -0.367 e. The number of alkyl halides is 1. The van der Waals surface area contributed by atoms with Crippen LogP contribution in [0.15, 0.2) is 36.5 Å². The van der Waals surface area contributed by atoms with Gasteiger partial charge in [0.05, 0.1) is 11.9 Å². The van der Waals surface area contributed by atoms with E-state index in [1.54, 1.807) is 13.0 Å². The molecule has 0 N–H and O–H groups in total. The highest BCUT2D eigenvalue weighted by Gasteiger charge is 2.18. The normalized spacial score (nSPS) is 14.6. The van der Waals surface area contributed by atoms with Gasteiger partial charge in [0.2, 0.25) is 5.91 Å². The molecule has 0 unspecified atom stereocenters. The van der Waals surface area contributed by atoms with Crippen LogP contribution in [0.5, 0.6) is 0 Å². The van der Waals surface area contributed by atoms with Crippen LogP contribution in [0.25, 0.3) is 0 Å². The van der Waals surface area contributed by atoms with Gasteiger partial charge in [0, 0.05) is 44.7 Å². The second kappa shape index (κ2) is 8.49. The largest absolute Gasteiger partial charge is 0.367 e. The molecule has 1 saturated heterocycles. The van der Waals surface area contributed by atoms with Crippen LogP contribution < -0.4 is 4.90 Å². The molecule has 1 aliphatic heterocycles. The summed E-state index contributed by atoms with van der Waals surface area (Å²) in [5.74, 6) is 0.244. The number of aromatic nitrogens is 1. The molecule has 2 aromatic rings. The van der Waals surface area contributed by atoms with Crippen molar-refractivity contribution in [1.29, 1.82) is 0 Å². The van der Waals surface area contributed by atoms with Crippen molar-refractivity contribution in [3.63, 3.8) is 0 Å². The molecule has 1 aromatic heterocycles. The quantitative estimate of drug-likeness (QED) is 0.751. The number of hydrogen-bond acceptors (Lipinski definition) is 3. The van der Waals surface area contributed by atoms with Crippen LogP contribution in [0.1, 0.15) is 23.7 Å². The van der Waals surface area contributed by atoms with E-state index < -0.39 is 0 Å². The Kier molecular flexibility index (Phi) is 6.09. The molecule has 26 heavy (non-hydrogen) atoms. The zero-order valence-corrected chi connectivity index (χ0v) is 15.7. The van der Waals surface area contributed by atoms with Gasteiger partial charge in [0.25, 0.3) is 0 Å². The number of aryl methyl sites for hydroxylation is 2. The van der Waals surface area contributed by atoms with Gasteiger partial charge in [-0.25, -0.2) is 4.39 Å². The Morgan fingerprint density at radius 2 is 1.92 bits per heavy atom. The van der Waals surface area contributed by atoms with E-state index in [4.69, 9.17) is 11.6 Å². The number of carbonyl (C=O) groups is 1. The molecular weight excluding hydrogens is 353 g/mol. The number of hydrogen-bond donors (Lipinski definition) is 0. The van der Waals surface area contributed by atoms with Gasteiger partial charge < -0.3 is 9.80 Å². The van der Waals surface area contributed by atoms with Gasteiger partial charge in [-0.05, 0) is 42.2 Å². The van der Waals surface area contributed by atoms with E-state index in [9.17, 15) is 9.18 Å². The first-order chi connectivity index (χ1) is 12.6. The molecule has 0 radical (unpaired) electrons. The summed E-state index contributed by atoms with van der Waals surface area (Å²) in [6, 6.07) is 9.22. The van der Waals surface area contributed by atoms with E-state index in [0.717, 1.165) is 43.1 Å². The molecule has 1 aromatic carbocycles. The number of benzene rings is 1. The lowest BCUT2D eigenvalue weighted by molar-refractivity contribution is -0.129. The Labute approximate surface area is 158 Å². The summed E-state index contributed by atoms with van der Waals surface area (Å²) < 4.78 is 14.0. The molecule has 1 fully saturated rings. The fourth-order valence-corrected chi connectivity index (χ4v) is 3.34. The third-order valence-electron chi connectivity index (χ3n) is 4.82. The Morgan fingerprint density at radius 3 is 2.50 bits per heavy atom. The highest BCUT2D eigenvalue weighted by atomic mass is 35.5. The van der Waals surface area contributed by atoms with Gasteiger partial charge in [-0.3, -0.25) is 9.78 Å². The number of amides is 1. The zero-order chi connectivity index (χ0) is 18.5. The number of halogens is 2. The summed E-state index contributed by atoms with van der Waals surface area (Å²) >= 11 is 5.73. The lowest BCUT2D eigenvalue weighted by atomic mass is 10.1. The predicted molar refractivity (Wildman–Crippen MR) is 102 cm³/mol. The number of rotatable bonds is 5. The SMILES string of the molecule is CC(=O)N1CCN(c2ccc(CCc3ccc(CCl)cc3F)nc2)CC1. The summed E-state index contributed by atoms with van der Waals surface area (Å²) in [5, 5.41) is 0. The van der Waals surface area contributed by atoms with Crippen molar-refractivity contribution < 1.29 is 9.18 Å².